The fourth-order valence-electron chi connectivity index (χ4n) is 2.00. The molecule has 0 saturated heterocycles. The molecule has 2 aromatic carbocycles. The van der Waals surface area contributed by atoms with Crippen molar-refractivity contribution < 1.29 is 31.9 Å². The van der Waals surface area contributed by atoms with Crippen LogP contribution in [0.25, 0.3) is 0 Å². The van der Waals surface area contributed by atoms with Crippen molar-refractivity contribution in [1.29, 1.82) is 0 Å². The number of hydrogen-bond acceptors (Lipinski definition) is 3. The second-order valence-electron chi connectivity index (χ2n) is 5.24. The van der Waals surface area contributed by atoms with Gasteiger partial charge in [-0.1, -0.05) is 12.1 Å². The largest absolute Gasteiger partial charge is 0.418 e. The number of rotatable bonds is 4. The topological polar surface area (TPSA) is 87.3 Å². The highest BCUT2D eigenvalue weighted by Crippen LogP contribution is 2.34. The number of hydrogen-bond donors (Lipinski definition) is 3. The van der Waals surface area contributed by atoms with Crippen molar-refractivity contribution in [2.24, 2.45) is 0 Å². The Morgan fingerprint density at radius 3 is 2.11 bits per heavy atom. The predicted molar refractivity (Wildman–Crippen MR) is 88.1 cm³/mol. The number of carbonyl (C=O) groups excluding carboxylic acids is 3. The van der Waals surface area contributed by atoms with Crippen molar-refractivity contribution in [2.45, 2.75) is 6.18 Å². The van der Waals surface area contributed by atoms with E-state index in [0.29, 0.717) is 0 Å². The molecule has 0 bridgehead atoms. The summed E-state index contributed by atoms with van der Waals surface area (Å²) < 4.78 is 51.3. The molecule has 0 unspecified atom stereocenters. The molecular weight excluding hydrogens is 370 g/mol. The minimum Gasteiger partial charge on any atom is -0.339 e. The minimum atomic E-state index is -4.66. The molecule has 10 heteroatoms. The first-order chi connectivity index (χ1) is 12.7. The van der Waals surface area contributed by atoms with Crippen LogP contribution >= 0.6 is 0 Å². The van der Waals surface area contributed by atoms with Crippen LogP contribution in [-0.2, 0) is 20.6 Å². The summed E-state index contributed by atoms with van der Waals surface area (Å²) in [6, 6.07) is 8.91. The van der Waals surface area contributed by atoms with E-state index in [1.54, 1.807) is 0 Å². The zero-order valence-electron chi connectivity index (χ0n) is 13.6. The third-order valence-corrected chi connectivity index (χ3v) is 3.22. The molecule has 0 aliphatic rings. The van der Waals surface area contributed by atoms with Gasteiger partial charge in [-0.05, 0) is 36.4 Å². The van der Waals surface area contributed by atoms with Gasteiger partial charge < -0.3 is 16.0 Å². The van der Waals surface area contributed by atoms with Gasteiger partial charge in [0.2, 0.25) is 5.91 Å². The van der Waals surface area contributed by atoms with Crippen LogP contribution in [0.3, 0.4) is 0 Å². The van der Waals surface area contributed by atoms with E-state index < -0.39 is 47.5 Å². The number of nitrogens with one attached hydrogen (secondary N) is 3. The molecule has 3 amide bonds. The van der Waals surface area contributed by atoms with Crippen molar-refractivity contribution >= 4 is 29.1 Å². The van der Waals surface area contributed by atoms with E-state index in [2.05, 4.69) is 5.32 Å². The maximum absolute atomic E-state index is 12.9. The lowest BCUT2D eigenvalue weighted by Crippen LogP contribution is -2.40. The molecule has 0 aliphatic heterocycles. The zero-order chi connectivity index (χ0) is 20.0. The molecular formula is C17H13F4N3O3. The maximum Gasteiger partial charge on any atom is 0.418 e. The van der Waals surface area contributed by atoms with Gasteiger partial charge in [0.05, 0.1) is 17.8 Å². The number of carbonyl (C=O) groups is 3. The summed E-state index contributed by atoms with van der Waals surface area (Å²) >= 11 is 0. The first kappa shape index (κ1) is 19.9. The molecule has 6 nitrogen and oxygen atoms in total. The maximum atomic E-state index is 12.9. The van der Waals surface area contributed by atoms with Gasteiger partial charge in [0.1, 0.15) is 5.82 Å². The third kappa shape index (κ3) is 5.80. The average Bonchev–Trinajstić information content (AvgIpc) is 2.61. The molecule has 0 aliphatic carbocycles. The Bertz CT molecular complexity index is 851. The van der Waals surface area contributed by atoms with E-state index in [0.717, 1.165) is 24.3 Å². The van der Waals surface area contributed by atoms with Crippen molar-refractivity contribution in [2.75, 3.05) is 17.2 Å². The quantitative estimate of drug-likeness (QED) is 0.560. The van der Waals surface area contributed by atoms with Gasteiger partial charge in [0.25, 0.3) is 0 Å². The van der Waals surface area contributed by atoms with Gasteiger partial charge >= 0.3 is 18.0 Å². The zero-order valence-corrected chi connectivity index (χ0v) is 13.6. The van der Waals surface area contributed by atoms with Crippen LogP contribution in [0.5, 0.6) is 0 Å². The van der Waals surface area contributed by atoms with Gasteiger partial charge in [-0.3, -0.25) is 14.4 Å². The second kappa shape index (κ2) is 8.30. The van der Waals surface area contributed by atoms with E-state index in [-0.39, 0.29) is 5.69 Å². The molecule has 2 rings (SSSR count). The highest BCUT2D eigenvalue weighted by Gasteiger charge is 2.33. The SMILES string of the molecule is O=C(CNC(=O)C(=O)Nc1ccc(F)cc1)Nc1ccccc1C(F)(F)F. The molecule has 0 atom stereocenters. The Morgan fingerprint density at radius 2 is 1.48 bits per heavy atom. The fraction of sp³-hybridized carbons (Fsp3) is 0.118. The molecule has 0 aromatic heterocycles. The smallest absolute Gasteiger partial charge is 0.339 e. The van der Waals surface area contributed by atoms with Crippen LogP contribution in [0.15, 0.2) is 48.5 Å². The summed E-state index contributed by atoms with van der Waals surface area (Å²) in [6.07, 6.45) is -4.66. The summed E-state index contributed by atoms with van der Waals surface area (Å²) in [7, 11) is 0. The van der Waals surface area contributed by atoms with Crippen LogP contribution < -0.4 is 16.0 Å². The van der Waals surface area contributed by atoms with Crippen molar-refractivity contribution in [3.05, 3.63) is 59.9 Å². The van der Waals surface area contributed by atoms with Crippen LogP contribution in [0.4, 0.5) is 28.9 Å². The van der Waals surface area contributed by atoms with Crippen LogP contribution in [0.2, 0.25) is 0 Å². The van der Waals surface area contributed by atoms with Gasteiger partial charge in [-0.2, -0.15) is 13.2 Å². The predicted octanol–water partition coefficient (Wildman–Crippen LogP) is 2.54. The number of halogens is 4. The average molecular weight is 383 g/mol. The molecule has 0 spiro atoms. The van der Waals surface area contributed by atoms with Gasteiger partial charge in [-0.25, -0.2) is 4.39 Å². The Balaban J connectivity index is 1.89. The number of anilines is 2. The monoisotopic (exact) mass is 383 g/mol. The number of benzene rings is 2. The Hall–Kier alpha value is -3.43. The van der Waals surface area contributed by atoms with Crippen molar-refractivity contribution in [3.8, 4) is 0 Å². The van der Waals surface area contributed by atoms with Gasteiger partial charge in [0.15, 0.2) is 0 Å². The third-order valence-electron chi connectivity index (χ3n) is 3.22. The van der Waals surface area contributed by atoms with E-state index in [4.69, 9.17) is 0 Å². The van der Waals surface area contributed by atoms with Crippen LogP contribution in [0, 0.1) is 5.82 Å². The second-order valence-corrected chi connectivity index (χ2v) is 5.24. The molecule has 2 aromatic rings. The highest BCUT2D eigenvalue weighted by molar-refractivity contribution is 6.39. The summed E-state index contributed by atoms with van der Waals surface area (Å²) in [5.74, 6) is -3.79. The van der Waals surface area contributed by atoms with E-state index >= 15 is 0 Å². The summed E-state index contributed by atoms with van der Waals surface area (Å²) in [6.45, 7) is -0.720. The van der Waals surface area contributed by atoms with E-state index in [1.807, 2.05) is 10.6 Å². The normalized spacial score (nSPS) is 10.8. The molecule has 0 fully saturated rings. The summed E-state index contributed by atoms with van der Waals surface area (Å²) in [5.41, 5.74) is -1.36. The lowest BCUT2D eigenvalue weighted by molar-refractivity contribution is -0.137. The fourth-order valence-corrected chi connectivity index (χ4v) is 2.00. The first-order valence-electron chi connectivity index (χ1n) is 7.47. The van der Waals surface area contributed by atoms with Gasteiger partial charge in [-0.15, -0.1) is 0 Å². The lowest BCUT2D eigenvalue weighted by atomic mass is 10.1. The number of amides is 3. The molecule has 0 saturated carbocycles. The number of alkyl halides is 3. The molecule has 3 N–H and O–H groups in total. The van der Waals surface area contributed by atoms with E-state index in [9.17, 15) is 31.9 Å². The number of para-hydroxylation sites is 1. The van der Waals surface area contributed by atoms with Crippen molar-refractivity contribution in [1.82, 2.24) is 5.32 Å². The molecule has 142 valence electrons. The summed E-state index contributed by atoms with van der Waals surface area (Å²) in [4.78, 5) is 35.0. The van der Waals surface area contributed by atoms with Gasteiger partial charge in [0, 0.05) is 5.69 Å². The first-order valence-corrected chi connectivity index (χ1v) is 7.47. The van der Waals surface area contributed by atoms with Crippen LogP contribution in [0.1, 0.15) is 5.56 Å². The molecule has 0 heterocycles. The molecule has 27 heavy (non-hydrogen) atoms. The Labute approximate surface area is 150 Å². The molecule has 0 radical (unpaired) electrons. The standard InChI is InChI=1S/C17H13F4N3O3/c18-10-5-7-11(8-6-10)23-16(27)15(26)22-9-14(25)24-13-4-2-1-3-12(13)17(19,20)21/h1-8H,9H2,(H,22,26)(H,23,27)(H,24,25). The van der Waals surface area contributed by atoms with Crippen molar-refractivity contribution in [3.63, 3.8) is 0 Å². The highest BCUT2D eigenvalue weighted by atomic mass is 19.4. The minimum absolute atomic E-state index is 0.153. The Morgan fingerprint density at radius 1 is 0.852 bits per heavy atom. The van der Waals surface area contributed by atoms with E-state index in [1.165, 1.54) is 24.3 Å². The lowest BCUT2D eigenvalue weighted by Gasteiger charge is -2.13. The summed E-state index contributed by atoms with van der Waals surface area (Å²) in [5, 5.41) is 6.17. The Kier molecular flexibility index (Phi) is 6.11. The van der Waals surface area contributed by atoms with Crippen LogP contribution in [-0.4, -0.2) is 24.3 Å².